The Balaban J connectivity index is 3.48. The minimum atomic E-state index is -3.06. The van der Waals surface area contributed by atoms with Gasteiger partial charge in [0.25, 0.3) is 12.1 Å². The third-order valence-electron chi connectivity index (χ3n) is 1.76. The van der Waals surface area contributed by atoms with Crippen LogP contribution in [0.3, 0.4) is 0 Å². The Labute approximate surface area is 98.3 Å². The highest BCUT2D eigenvalue weighted by Crippen LogP contribution is 2.31. The number of esters is 1. The summed E-state index contributed by atoms with van der Waals surface area (Å²) in [6.07, 6.45) is -3.06. The predicted molar refractivity (Wildman–Crippen MR) is 52.2 cm³/mol. The maximum absolute atomic E-state index is 12.4. The van der Waals surface area contributed by atoms with Crippen molar-refractivity contribution in [2.24, 2.45) is 0 Å². The largest absolute Gasteiger partial charge is 0.464 e. The van der Waals surface area contributed by atoms with Gasteiger partial charge >= 0.3 is 5.97 Å². The molecule has 0 aliphatic heterocycles. The van der Waals surface area contributed by atoms with Crippen LogP contribution in [0.2, 0.25) is 5.02 Å². The van der Waals surface area contributed by atoms with Gasteiger partial charge in [-0.3, -0.25) is 10.1 Å². The first-order valence-corrected chi connectivity index (χ1v) is 4.47. The fourth-order valence-corrected chi connectivity index (χ4v) is 1.25. The molecule has 9 heteroatoms. The Hall–Kier alpha value is -1.83. The molecular formula is C8H5ClF2N2O4. The van der Waals surface area contributed by atoms with E-state index in [0.717, 1.165) is 7.11 Å². The van der Waals surface area contributed by atoms with Gasteiger partial charge in [-0.05, 0) is 0 Å². The molecule has 0 fully saturated rings. The van der Waals surface area contributed by atoms with E-state index in [-0.39, 0.29) is 0 Å². The van der Waals surface area contributed by atoms with E-state index in [0.29, 0.717) is 6.07 Å². The van der Waals surface area contributed by atoms with Crippen molar-refractivity contribution in [3.05, 3.63) is 32.6 Å². The van der Waals surface area contributed by atoms with Crippen LogP contribution in [0.25, 0.3) is 0 Å². The van der Waals surface area contributed by atoms with E-state index in [1.165, 1.54) is 0 Å². The molecule has 92 valence electrons. The number of rotatable bonds is 3. The molecule has 1 aromatic heterocycles. The van der Waals surface area contributed by atoms with Crippen LogP contribution < -0.4 is 0 Å². The quantitative estimate of drug-likeness (QED) is 0.476. The zero-order chi connectivity index (χ0) is 13.2. The van der Waals surface area contributed by atoms with Crippen molar-refractivity contribution in [2.75, 3.05) is 7.11 Å². The Kier molecular flexibility index (Phi) is 3.89. The molecular weight excluding hydrogens is 262 g/mol. The number of nitro groups is 1. The lowest BCUT2D eigenvalue weighted by Gasteiger charge is -2.05. The molecule has 0 N–H and O–H groups in total. The smallest absolute Gasteiger partial charge is 0.358 e. The summed E-state index contributed by atoms with van der Waals surface area (Å²) in [5.74, 6) is -1.12. The standard InChI is InChI=1S/C8H5ClF2N2O4/c1-17-8(14)6-5(9)4(13(15)16)2-3(12-6)7(10)11/h2,7H,1H3. The number of nitrogens with zero attached hydrogens (tertiary/aromatic N) is 2. The monoisotopic (exact) mass is 266 g/mol. The van der Waals surface area contributed by atoms with Gasteiger partial charge in [-0.25, -0.2) is 18.6 Å². The minimum absolute atomic E-state index is 0.513. The van der Waals surface area contributed by atoms with Crippen LogP contribution in [0.5, 0.6) is 0 Å². The number of methoxy groups -OCH3 is 1. The van der Waals surface area contributed by atoms with Crippen molar-refractivity contribution in [2.45, 2.75) is 6.43 Å². The molecule has 0 saturated heterocycles. The number of aromatic nitrogens is 1. The van der Waals surface area contributed by atoms with Crippen molar-refractivity contribution in [3.8, 4) is 0 Å². The molecule has 17 heavy (non-hydrogen) atoms. The molecule has 0 spiro atoms. The molecule has 1 rings (SSSR count). The summed E-state index contributed by atoms with van der Waals surface area (Å²) in [5, 5.41) is 9.92. The number of alkyl halides is 2. The molecule has 0 saturated carbocycles. The van der Waals surface area contributed by atoms with Gasteiger partial charge in [-0.15, -0.1) is 0 Å². The normalized spacial score (nSPS) is 10.4. The molecule has 1 aromatic rings. The maximum Gasteiger partial charge on any atom is 0.358 e. The van der Waals surface area contributed by atoms with Crippen molar-refractivity contribution >= 4 is 23.3 Å². The van der Waals surface area contributed by atoms with Gasteiger partial charge < -0.3 is 4.74 Å². The molecule has 0 bridgehead atoms. The van der Waals surface area contributed by atoms with Crippen LogP contribution in [-0.4, -0.2) is 23.0 Å². The van der Waals surface area contributed by atoms with Crippen LogP contribution in [0, 0.1) is 10.1 Å². The van der Waals surface area contributed by atoms with Gasteiger partial charge in [0.05, 0.1) is 12.0 Å². The summed E-state index contributed by atoms with van der Waals surface area (Å²) >= 11 is 5.50. The van der Waals surface area contributed by atoms with Crippen LogP contribution in [0.4, 0.5) is 14.5 Å². The van der Waals surface area contributed by atoms with Crippen LogP contribution >= 0.6 is 11.6 Å². The number of pyridine rings is 1. The average Bonchev–Trinajstić information content (AvgIpc) is 2.27. The highest BCUT2D eigenvalue weighted by molar-refractivity contribution is 6.35. The summed E-state index contributed by atoms with van der Waals surface area (Å²) in [6, 6.07) is 0.513. The topological polar surface area (TPSA) is 82.3 Å². The second-order valence-electron chi connectivity index (χ2n) is 2.78. The summed E-state index contributed by atoms with van der Waals surface area (Å²) in [7, 11) is 0.973. The third-order valence-corrected chi connectivity index (χ3v) is 2.13. The van der Waals surface area contributed by atoms with Gasteiger partial charge in [0.15, 0.2) is 10.7 Å². The molecule has 0 unspecified atom stereocenters. The lowest BCUT2D eigenvalue weighted by molar-refractivity contribution is -0.384. The van der Waals surface area contributed by atoms with Crippen molar-refractivity contribution in [1.29, 1.82) is 0 Å². The fourth-order valence-electron chi connectivity index (χ4n) is 1.01. The summed E-state index contributed by atoms with van der Waals surface area (Å²) in [6.45, 7) is 0. The number of hydrogen-bond acceptors (Lipinski definition) is 5. The van der Waals surface area contributed by atoms with E-state index >= 15 is 0 Å². The molecule has 0 amide bonds. The van der Waals surface area contributed by atoms with E-state index in [1.54, 1.807) is 0 Å². The number of carbonyl (C=O) groups excluding carboxylic acids is 1. The van der Waals surface area contributed by atoms with Gasteiger partial charge in [0.1, 0.15) is 5.69 Å². The average molecular weight is 267 g/mol. The maximum atomic E-state index is 12.4. The predicted octanol–water partition coefficient (Wildman–Crippen LogP) is 2.37. The number of hydrogen-bond donors (Lipinski definition) is 0. The minimum Gasteiger partial charge on any atom is -0.464 e. The first-order chi connectivity index (χ1) is 7.88. The molecule has 6 nitrogen and oxygen atoms in total. The van der Waals surface area contributed by atoms with E-state index in [1.807, 2.05) is 0 Å². The third kappa shape index (κ3) is 2.64. The number of halogens is 3. The van der Waals surface area contributed by atoms with Crippen molar-refractivity contribution in [3.63, 3.8) is 0 Å². The Bertz CT molecular complexity index is 481. The van der Waals surface area contributed by atoms with E-state index in [2.05, 4.69) is 9.72 Å². The van der Waals surface area contributed by atoms with Gasteiger partial charge in [0.2, 0.25) is 0 Å². The summed E-state index contributed by atoms with van der Waals surface area (Å²) in [4.78, 5) is 23.9. The molecule has 0 aliphatic rings. The second-order valence-corrected chi connectivity index (χ2v) is 3.16. The zero-order valence-electron chi connectivity index (χ0n) is 8.32. The van der Waals surface area contributed by atoms with Crippen LogP contribution in [0.15, 0.2) is 6.07 Å². The molecule has 0 radical (unpaired) electrons. The van der Waals surface area contributed by atoms with E-state index in [4.69, 9.17) is 11.6 Å². The van der Waals surface area contributed by atoms with E-state index < -0.39 is 39.4 Å². The highest BCUT2D eigenvalue weighted by Gasteiger charge is 2.26. The Morgan fingerprint density at radius 2 is 2.24 bits per heavy atom. The molecule has 1 heterocycles. The second kappa shape index (κ2) is 5.00. The number of ether oxygens (including phenoxy) is 1. The molecule has 0 atom stereocenters. The van der Waals surface area contributed by atoms with Crippen molar-refractivity contribution in [1.82, 2.24) is 4.98 Å². The summed E-state index contributed by atoms with van der Waals surface area (Å²) in [5.41, 5.74) is -2.45. The number of carbonyl (C=O) groups is 1. The highest BCUT2D eigenvalue weighted by atomic mass is 35.5. The van der Waals surface area contributed by atoms with Crippen LogP contribution in [0.1, 0.15) is 22.6 Å². The summed E-state index contributed by atoms with van der Waals surface area (Å²) < 4.78 is 29.1. The van der Waals surface area contributed by atoms with Gasteiger partial charge in [-0.2, -0.15) is 0 Å². The van der Waals surface area contributed by atoms with Crippen molar-refractivity contribution < 1.29 is 23.2 Å². The Morgan fingerprint density at radius 3 is 2.65 bits per heavy atom. The zero-order valence-corrected chi connectivity index (χ0v) is 9.07. The van der Waals surface area contributed by atoms with E-state index in [9.17, 15) is 23.7 Å². The lowest BCUT2D eigenvalue weighted by Crippen LogP contribution is -2.09. The first-order valence-electron chi connectivity index (χ1n) is 4.09. The van der Waals surface area contributed by atoms with Gasteiger partial charge in [0, 0.05) is 6.07 Å². The fraction of sp³-hybridized carbons (Fsp3) is 0.250. The Morgan fingerprint density at radius 1 is 1.65 bits per heavy atom. The SMILES string of the molecule is COC(=O)c1nc(C(F)F)cc([N+](=O)[O-])c1Cl. The lowest BCUT2D eigenvalue weighted by atomic mass is 10.2. The molecule has 0 aromatic carbocycles. The van der Waals surface area contributed by atoms with Crippen LogP contribution in [-0.2, 0) is 4.74 Å². The first kappa shape index (κ1) is 13.2. The molecule has 0 aliphatic carbocycles. The van der Waals surface area contributed by atoms with Gasteiger partial charge in [-0.1, -0.05) is 11.6 Å².